The molecule has 1 amide bonds. The molecular formula is C10H13NOSe. The quantitative estimate of drug-likeness (QED) is 0.441. The number of amides is 1. The van der Waals surface area contributed by atoms with Crippen molar-refractivity contribution in [2.75, 3.05) is 6.54 Å². The minimum absolute atomic E-state index is 0.561. The molecule has 0 aliphatic carbocycles. The van der Waals surface area contributed by atoms with Gasteiger partial charge < -0.3 is 0 Å². The summed E-state index contributed by atoms with van der Waals surface area (Å²) in [4.78, 5) is 9.93. The maximum absolute atomic E-state index is 9.93. The van der Waals surface area contributed by atoms with E-state index < -0.39 is 0 Å². The Morgan fingerprint density at radius 2 is 2.08 bits per heavy atom. The van der Waals surface area contributed by atoms with E-state index in [0.29, 0.717) is 15.0 Å². The van der Waals surface area contributed by atoms with E-state index in [-0.39, 0.29) is 0 Å². The zero-order valence-corrected chi connectivity index (χ0v) is 9.11. The minimum atomic E-state index is 0.561. The van der Waals surface area contributed by atoms with Crippen LogP contribution in [0.1, 0.15) is 6.42 Å². The van der Waals surface area contributed by atoms with Gasteiger partial charge in [0.15, 0.2) is 0 Å². The Morgan fingerprint density at radius 3 is 2.77 bits per heavy atom. The van der Waals surface area contributed by atoms with Crippen LogP contribution in [0.2, 0.25) is 5.32 Å². The second kappa shape index (κ2) is 6.70. The summed E-state index contributed by atoms with van der Waals surface area (Å²) in [5.41, 5.74) is 0. The van der Waals surface area contributed by atoms with E-state index in [1.54, 1.807) is 0 Å². The van der Waals surface area contributed by atoms with Crippen LogP contribution in [0.5, 0.6) is 0 Å². The Morgan fingerprint density at radius 1 is 1.31 bits per heavy atom. The number of carbonyl (C=O) groups is 1. The summed E-state index contributed by atoms with van der Waals surface area (Å²) >= 11 is 0.561. The Bertz CT molecular complexity index is 238. The molecule has 0 radical (unpaired) electrons. The van der Waals surface area contributed by atoms with E-state index in [2.05, 4.69) is 29.6 Å². The number of hydrogen-bond acceptors (Lipinski definition) is 1. The Hall–Kier alpha value is -0.791. The molecule has 0 aliphatic heterocycles. The fraction of sp³-hybridized carbons (Fsp3) is 0.300. The number of nitrogens with one attached hydrogen (secondary N) is 1. The van der Waals surface area contributed by atoms with Gasteiger partial charge in [0, 0.05) is 0 Å². The predicted octanol–water partition coefficient (Wildman–Crippen LogP) is 0.570. The molecule has 0 unspecified atom stereocenters. The Kier molecular flexibility index (Phi) is 5.30. The SMILES string of the molecule is O=CNCCC[Se]c1ccccc1. The predicted molar refractivity (Wildman–Crippen MR) is 55.3 cm³/mol. The fourth-order valence-electron chi connectivity index (χ4n) is 0.940. The summed E-state index contributed by atoms with van der Waals surface area (Å²) in [6.07, 6.45) is 1.84. The first-order chi connectivity index (χ1) is 6.43. The van der Waals surface area contributed by atoms with Gasteiger partial charge in [0.2, 0.25) is 0 Å². The topological polar surface area (TPSA) is 29.1 Å². The van der Waals surface area contributed by atoms with Gasteiger partial charge in [-0.3, -0.25) is 0 Å². The van der Waals surface area contributed by atoms with Crippen molar-refractivity contribution in [1.29, 1.82) is 0 Å². The Balaban J connectivity index is 2.10. The first-order valence-electron chi connectivity index (χ1n) is 4.28. The Labute approximate surface area is 84.9 Å². The van der Waals surface area contributed by atoms with Crippen LogP contribution >= 0.6 is 0 Å². The normalized spacial score (nSPS) is 9.54. The molecule has 0 heterocycles. The molecule has 0 aromatic heterocycles. The number of hydrogen-bond donors (Lipinski definition) is 1. The molecule has 3 heteroatoms. The van der Waals surface area contributed by atoms with E-state index in [0.717, 1.165) is 19.4 Å². The summed E-state index contributed by atoms with van der Waals surface area (Å²) in [6, 6.07) is 10.5. The first-order valence-corrected chi connectivity index (χ1v) is 6.35. The van der Waals surface area contributed by atoms with Crippen molar-refractivity contribution in [2.45, 2.75) is 11.7 Å². The van der Waals surface area contributed by atoms with Gasteiger partial charge in [-0.05, 0) is 0 Å². The third-order valence-corrected chi connectivity index (χ3v) is 3.87. The van der Waals surface area contributed by atoms with Gasteiger partial charge in [-0.15, -0.1) is 0 Å². The van der Waals surface area contributed by atoms with E-state index in [9.17, 15) is 4.79 Å². The van der Waals surface area contributed by atoms with Crippen molar-refractivity contribution in [3.63, 3.8) is 0 Å². The molecule has 0 bridgehead atoms. The van der Waals surface area contributed by atoms with Gasteiger partial charge in [0.25, 0.3) is 0 Å². The molecule has 1 aromatic carbocycles. The zero-order chi connectivity index (χ0) is 9.36. The molecule has 1 N–H and O–H groups in total. The van der Waals surface area contributed by atoms with Crippen LogP contribution in [0.3, 0.4) is 0 Å². The van der Waals surface area contributed by atoms with E-state index in [1.165, 1.54) is 9.78 Å². The molecule has 13 heavy (non-hydrogen) atoms. The molecule has 2 nitrogen and oxygen atoms in total. The van der Waals surface area contributed by atoms with Crippen LogP contribution in [-0.4, -0.2) is 27.9 Å². The standard InChI is InChI=1S/C10H13NOSe/c12-9-11-7-4-8-13-10-5-2-1-3-6-10/h1-3,5-6,9H,4,7-8H2,(H,11,12). The first kappa shape index (κ1) is 10.3. The van der Waals surface area contributed by atoms with Crippen LogP contribution in [0, 0.1) is 0 Å². The number of benzene rings is 1. The molecule has 0 fully saturated rings. The van der Waals surface area contributed by atoms with Crippen LogP contribution in [0.4, 0.5) is 0 Å². The van der Waals surface area contributed by atoms with Crippen molar-refractivity contribution in [3.8, 4) is 0 Å². The van der Waals surface area contributed by atoms with Crippen LogP contribution in [-0.2, 0) is 4.79 Å². The second-order valence-corrected chi connectivity index (χ2v) is 5.04. The number of carbonyl (C=O) groups excluding carboxylic acids is 1. The third kappa shape index (κ3) is 4.71. The van der Waals surface area contributed by atoms with Crippen molar-refractivity contribution < 1.29 is 4.79 Å². The summed E-state index contributed by atoms with van der Waals surface area (Å²) in [5.74, 6) is 0. The summed E-state index contributed by atoms with van der Waals surface area (Å²) in [5, 5.41) is 3.86. The van der Waals surface area contributed by atoms with Crippen molar-refractivity contribution >= 4 is 25.8 Å². The van der Waals surface area contributed by atoms with E-state index >= 15 is 0 Å². The maximum atomic E-state index is 9.93. The van der Waals surface area contributed by atoms with Crippen LogP contribution < -0.4 is 9.78 Å². The summed E-state index contributed by atoms with van der Waals surface area (Å²) < 4.78 is 1.43. The second-order valence-electron chi connectivity index (χ2n) is 2.59. The van der Waals surface area contributed by atoms with Gasteiger partial charge in [-0.1, -0.05) is 0 Å². The van der Waals surface area contributed by atoms with Crippen LogP contribution in [0.25, 0.3) is 0 Å². The monoisotopic (exact) mass is 243 g/mol. The molecule has 70 valence electrons. The fourth-order valence-corrected chi connectivity index (χ4v) is 2.77. The van der Waals surface area contributed by atoms with Crippen molar-refractivity contribution in [1.82, 2.24) is 5.32 Å². The molecule has 1 aromatic rings. The molecule has 0 saturated carbocycles. The van der Waals surface area contributed by atoms with Gasteiger partial charge in [-0.2, -0.15) is 0 Å². The van der Waals surface area contributed by atoms with Gasteiger partial charge in [-0.25, -0.2) is 0 Å². The molecule has 0 aliphatic rings. The third-order valence-electron chi connectivity index (χ3n) is 1.56. The summed E-state index contributed by atoms with van der Waals surface area (Å²) in [6.45, 7) is 0.804. The molecule has 0 saturated heterocycles. The zero-order valence-electron chi connectivity index (χ0n) is 7.40. The van der Waals surface area contributed by atoms with Crippen LogP contribution in [0.15, 0.2) is 30.3 Å². The molecule has 1 rings (SSSR count). The average molecular weight is 242 g/mol. The molecule has 0 spiro atoms. The van der Waals surface area contributed by atoms with Gasteiger partial charge in [0.1, 0.15) is 0 Å². The molecule has 0 atom stereocenters. The number of rotatable bonds is 6. The molecular weight excluding hydrogens is 229 g/mol. The van der Waals surface area contributed by atoms with Crippen molar-refractivity contribution in [2.24, 2.45) is 0 Å². The summed E-state index contributed by atoms with van der Waals surface area (Å²) in [7, 11) is 0. The van der Waals surface area contributed by atoms with Gasteiger partial charge >= 0.3 is 84.6 Å². The van der Waals surface area contributed by atoms with E-state index in [1.807, 2.05) is 6.07 Å². The average Bonchev–Trinajstić information content (AvgIpc) is 2.19. The van der Waals surface area contributed by atoms with Gasteiger partial charge in [0.05, 0.1) is 0 Å². The van der Waals surface area contributed by atoms with Crippen molar-refractivity contribution in [3.05, 3.63) is 30.3 Å². The van der Waals surface area contributed by atoms with E-state index in [4.69, 9.17) is 0 Å².